The molecule has 1 aromatic carbocycles. The van der Waals surface area contributed by atoms with Gasteiger partial charge in [0.25, 0.3) is 0 Å². The zero-order valence-corrected chi connectivity index (χ0v) is 14.6. The number of hydrogen-bond donors (Lipinski definition) is 1. The minimum atomic E-state index is -0.430. The zero-order valence-electron chi connectivity index (χ0n) is 13.0. The van der Waals surface area contributed by atoms with Gasteiger partial charge in [-0.3, -0.25) is 0 Å². The molecule has 0 amide bonds. The predicted molar refractivity (Wildman–Crippen MR) is 89.2 cm³/mol. The highest BCUT2D eigenvalue weighted by molar-refractivity contribution is 9.10. The molecule has 1 aromatic rings. The van der Waals surface area contributed by atoms with Crippen molar-refractivity contribution >= 4 is 21.6 Å². The van der Waals surface area contributed by atoms with E-state index in [-0.39, 0.29) is 0 Å². The van der Waals surface area contributed by atoms with Crippen LogP contribution in [0.1, 0.15) is 58.1 Å². The van der Waals surface area contributed by atoms with Crippen LogP contribution < -0.4 is 4.90 Å². The molecule has 1 aliphatic carbocycles. The fourth-order valence-electron chi connectivity index (χ4n) is 3.14. The second-order valence-electron chi connectivity index (χ2n) is 6.89. The molecule has 0 spiro atoms. The van der Waals surface area contributed by atoms with Crippen LogP contribution in [0.4, 0.5) is 5.69 Å². The Balaban J connectivity index is 2.21. The molecule has 2 rings (SSSR count). The van der Waals surface area contributed by atoms with Gasteiger partial charge < -0.3 is 10.0 Å². The predicted octanol–water partition coefficient (Wildman–Crippen LogP) is 4.91. The molecular weight excluding hydrogens is 314 g/mol. The molecular formula is C17H26BrNO. The number of hydrogen-bond acceptors (Lipinski definition) is 2. The smallest absolute Gasteiger partial charge is 0.0782 e. The van der Waals surface area contributed by atoms with Crippen molar-refractivity contribution in [2.45, 2.75) is 58.6 Å². The fourth-order valence-corrected chi connectivity index (χ4v) is 3.49. The van der Waals surface area contributed by atoms with Crippen LogP contribution in [0.2, 0.25) is 0 Å². The molecule has 1 fully saturated rings. The molecule has 0 radical (unpaired) electrons. The molecule has 2 nitrogen and oxygen atoms in total. The molecule has 112 valence electrons. The number of benzene rings is 1. The van der Waals surface area contributed by atoms with E-state index in [1.165, 1.54) is 25.7 Å². The maximum Gasteiger partial charge on any atom is 0.0782 e. The van der Waals surface area contributed by atoms with Gasteiger partial charge in [-0.15, -0.1) is 0 Å². The lowest BCUT2D eigenvalue weighted by Crippen LogP contribution is -2.37. The third kappa shape index (κ3) is 3.56. The number of nitrogens with zero attached hydrogens (tertiary/aromatic N) is 1. The normalized spacial score (nSPS) is 20.7. The second kappa shape index (κ2) is 6.07. The molecule has 0 bridgehead atoms. The van der Waals surface area contributed by atoms with E-state index in [1.807, 2.05) is 19.1 Å². The quantitative estimate of drug-likeness (QED) is 0.845. The summed E-state index contributed by atoms with van der Waals surface area (Å²) in [6.07, 6.45) is 4.59. The number of rotatable bonds is 3. The van der Waals surface area contributed by atoms with Crippen LogP contribution in [-0.4, -0.2) is 18.2 Å². The third-order valence-corrected chi connectivity index (χ3v) is 5.17. The Morgan fingerprint density at radius 1 is 1.30 bits per heavy atom. The molecule has 20 heavy (non-hydrogen) atoms. The zero-order chi connectivity index (χ0) is 14.9. The van der Waals surface area contributed by atoms with Gasteiger partial charge in [-0.1, -0.05) is 35.8 Å². The van der Waals surface area contributed by atoms with Crippen LogP contribution in [0, 0.1) is 5.41 Å². The van der Waals surface area contributed by atoms with E-state index in [1.54, 1.807) is 0 Å². The number of aliphatic hydroxyl groups excluding tert-OH is 1. The van der Waals surface area contributed by atoms with Crippen molar-refractivity contribution in [3.8, 4) is 0 Å². The first-order chi connectivity index (χ1) is 9.30. The van der Waals surface area contributed by atoms with Gasteiger partial charge >= 0.3 is 0 Å². The Morgan fingerprint density at radius 3 is 2.45 bits per heavy atom. The molecule has 1 N–H and O–H groups in total. The molecule has 0 aromatic heterocycles. The highest BCUT2D eigenvalue weighted by atomic mass is 79.9. The van der Waals surface area contributed by atoms with Gasteiger partial charge in [-0.2, -0.15) is 0 Å². The summed E-state index contributed by atoms with van der Waals surface area (Å²) < 4.78 is 1.07. The largest absolute Gasteiger partial charge is 0.389 e. The van der Waals surface area contributed by atoms with Gasteiger partial charge in [0.05, 0.1) is 6.10 Å². The minimum Gasteiger partial charge on any atom is -0.389 e. The average Bonchev–Trinajstić information content (AvgIpc) is 2.37. The Labute approximate surface area is 131 Å². The fraction of sp³-hybridized carbons (Fsp3) is 0.647. The maximum absolute atomic E-state index is 9.98. The van der Waals surface area contributed by atoms with Crippen molar-refractivity contribution in [3.05, 3.63) is 28.2 Å². The molecule has 1 atom stereocenters. The highest BCUT2D eigenvalue weighted by Gasteiger charge is 2.29. The monoisotopic (exact) mass is 339 g/mol. The summed E-state index contributed by atoms with van der Waals surface area (Å²) in [5.41, 5.74) is 2.65. The molecule has 0 aliphatic heterocycles. The lowest BCUT2D eigenvalue weighted by molar-refractivity contribution is 0.198. The summed E-state index contributed by atoms with van der Waals surface area (Å²) in [6, 6.07) is 6.73. The molecule has 1 aliphatic rings. The van der Waals surface area contributed by atoms with E-state index in [4.69, 9.17) is 0 Å². The van der Waals surface area contributed by atoms with Gasteiger partial charge in [0.1, 0.15) is 0 Å². The van der Waals surface area contributed by atoms with Crippen LogP contribution in [-0.2, 0) is 0 Å². The standard InChI is InChI=1S/C17H26BrNO/c1-12(20)15-6-5-13(18)11-16(15)19(4)14-7-9-17(2,3)10-8-14/h5-6,11-12,14,20H,7-10H2,1-4H3. The minimum absolute atomic E-state index is 0.430. The van der Waals surface area contributed by atoms with Crippen LogP contribution >= 0.6 is 15.9 Å². The first-order valence-corrected chi connectivity index (χ1v) is 8.30. The Morgan fingerprint density at radius 2 is 1.90 bits per heavy atom. The second-order valence-corrected chi connectivity index (χ2v) is 7.80. The summed E-state index contributed by atoms with van der Waals surface area (Å²) in [5.74, 6) is 0. The van der Waals surface area contributed by atoms with Crippen LogP contribution in [0.25, 0.3) is 0 Å². The molecule has 1 saturated carbocycles. The maximum atomic E-state index is 9.98. The van der Waals surface area contributed by atoms with E-state index in [2.05, 4.69) is 47.8 Å². The number of aliphatic hydroxyl groups is 1. The van der Waals surface area contributed by atoms with Crippen molar-refractivity contribution in [2.24, 2.45) is 5.41 Å². The molecule has 3 heteroatoms. The molecule has 1 unspecified atom stereocenters. The summed E-state index contributed by atoms with van der Waals surface area (Å²) in [5, 5.41) is 9.98. The van der Waals surface area contributed by atoms with E-state index >= 15 is 0 Å². The Bertz CT molecular complexity index is 460. The Kier molecular flexibility index (Phi) is 4.80. The van der Waals surface area contributed by atoms with Crippen molar-refractivity contribution < 1.29 is 5.11 Å². The number of anilines is 1. The summed E-state index contributed by atoms with van der Waals surface area (Å²) in [6.45, 7) is 6.57. The number of halogens is 1. The van der Waals surface area contributed by atoms with E-state index in [0.717, 1.165) is 15.7 Å². The van der Waals surface area contributed by atoms with Crippen LogP contribution in [0.15, 0.2) is 22.7 Å². The third-order valence-electron chi connectivity index (χ3n) is 4.68. The van der Waals surface area contributed by atoms with Gasteiger partial charge in [-0.25, -0.2) is 0 Å². The Hall–Kier alpha value is -0.540. The van der Waals surface area contributed by atoms with E-state index < -0.39 is 6.10 Å². The average molecular weight is 340 g/mol. The summed E-state index contributed by atoms with van der Waals surface area (Å²) in [4.78, 5) is 2.36. The molecule has 0 heterocycles. The SMILES string of the molecule is CC(O)c1ccc(Br)cc1N(C)C1CCC(C)(C)CC1. The lowest BCUT2D eigenvalue weighted by atomic mass is 9.75. The van der Waals surface area contributed by atoms with Gasteiger partial charge in [0.2, 0.25) is 0 Å². The topological polar surface area (TPSA) is 23.5 Å². The molecule has 0 saturated heterocycles. The van der Waals surface area contributed by atoms with Crippen molar-refractivity contribution in [1.82, 2.24) is 0 Å². The lowest BCUT2D eigenvalue weighted by Gasteiger charge is -2.40. The first-order valence-electron chi connectivity index (χ1n) is 7.50. The van der Waals surface area contributed by atoms with E-state index in [9.17, 15) is 5.11 Å². The highest BCUT2D eigenvalue weighted by Crippen LogP contribution is 2.39. The summed E-state index contributed by atoms with van der Waals surface area (Å²) in [7, 11) is 2.16. The van der Waals surface area contributed by atoms with Crippen LogP contribution in [0.3, 0.4) is 0 Å². The van der Waals surface area contributed by atoms with Gasteiger partial charge in [0, 0.05) is 28.8 Å². The van der Waals surface area contributed by atoms with Crippen molar-refractivity contribution in [1.29, 1.82) is 0 Å². The van der Waals surface area contributed by atoms with Crippen molar-refractivity contribution in [2.75, 3.05) is 11.9 Å². The summed E-state index contributed by atoms with van der Waals surface area (Å²) >= 11 is 3.55. The van der Waals surface area contributed by atoms with Gasteiger partial charge in [0.15, 0.2) is 0 Å². The van der Waals surface area contributed by atoms with Crippen LogP contribution in [0.5, 0.6) is 0 Å². The van der Waals surface area contributed by atoms with Crippen molar-refractivity contribution in [3.63, 3.8) is 0 Å². The first kappa shape index (κ1) is 15.8. The van der Waals surface area contributed by atoms with Gasteiger partial charge in [-0.05, 0) is 50.2 Å². The van der Waals surface area contributed by atoms with E-state index in [0.29, 0.717) is 11.5 Å².